The number of carboxylic acids is 1. The van der Waals surface area contributed by atoms with E-state index in [4.69, 9.17) is 9.84 Å². The zero-order chi connectivity index (χ0) is 10.7. The number of rotatable bonds is 3. The van der Waals surface area contributed by atoms with Gasteiger partial charge in [-0.05, 0) is 22.9 Å². The first-order chi connectivity index (χ1) is 6.57. The fraction of sp³-hybridized carbons (Fsp3) is 0.333. The van der Waals surface area contributed by atoms with Crippen molar-refractivity contribution in [3.63, 3.8) is 0 Å². The topological polar surface area (TPSA) is 59.4 Å². The molecule has 0 aliphatic heterocycles. The first kappa shape index (κ1) is 11.0. The zero-order valence-corrected chi connectivity index (χ0v) is 9.41. The predicted octanol–water partition coefficient (Wildman–Crippen LogP) is 2.04. The molecule has 1 aromatic heterocycles. The molecule has 0 aliphatic rings. The van der Waals surface area contributed by atoms with Crippen molar-refractivity contribution in [2.24, 2.45) is 0 Å². The number of carbonyl (C=O) groups is 1. The second-order valence-electron chi connectivity index (χ2n) is 2.80. The summed E-state index contributed by atoms with van der Waals surface area (Å²) in [6, 6.07) is 0. The van der Waals surface area contributed by atoms with Crippen LogP contribution in [0.15, 0.2) is 16.9 Å². The molecular formula is C9H10BrNO3. The summed E-state index contributed by atoms with van der Waals surface area (Å²) in [6.07, 6.45) is 3.05. The largest absolute Gasteiger partial charge is 0.495 e. The van der Waals surface area contributed by atoms with Crippen LogP contribution >= 0.6 is 15.9 Å². The first-order valence-electron chi connectivity index (χ1n) is 3.98. The van der Waals surface area contributed by atoms with E-state index >= 15 is 0 Å². The Hall–Kier alpha value is -1.10. The lowest BCUT2D eigenvalue weighted by Crippen LogP contribution is -2.09. The van der Waals surface area contributed by atoms with Gasteiger partial charge in [0, 0.05) is 16.2 Å². The molecule has 0 aromatic carbocycles. The van der Waals surface area contributed by atoms with Gasteiger partial charge < -0.3 is 9.84 Å². The van der Waals surface area contributed by atoms with Crippen molar-refractivity contribution < 1.29 is 14.6 Å². The maximum absolute atomic E-state index is 10.8. The van der Waals surface area contributed by atoms with E-state index in [1.165, 1.54) is 13.3 Å². The van der Waals surface area contributed by atoms with Gasteiger partial charge in [0.05, 0.1) is 19.2 Å². The van der Waals surface area contributed by atoms with Crippen molar-refractivity contribution in [3.05, 3.63) is 22.4 Å². The van der Waals surface area contributed by atoms with Crippen molar-refractivity contribution in [1.29, 1.82) is 0 Å². The fourth-order valence-electron chi connectivity index (χ4n) is 1.13. The van der Waals surface area contributed by atoms with Crippen LogP contribution in [-0.4, -0.2) is 23.2 Å². The molecule has 1 rings (SSSR count). The van der Waals surface area contributed by atoms with Gasteiger partial charge >= 0.3 is 5.97 Å². The molecule has 0 fully saturated rings. The van der Waals surface area contributed by atoms with Crippen LogP contribution in [0.4, 0.5) is 0 Å². The Kier molecular flexibility index (Phi) is 3.46. The number of hydrogen-bond acceptors (Lipinski definition) is 3. The van der Waals surface area contributed by atoms with Crippen LogP contribution in [-0.2, 0) is 4.79 Å². The SMILES string of the molecule is COc1cncc(Br)c1C(C)C(=O)O. The molecule has 0 bridgehead atoms. The second-order valence-corrected chi connectivity index (χ2v) is 3.65. The molecule has 4 nitrogen and oxygen atoms in total. The van der Waals surface area contributed by atoms with E-state index in [9.17, 15) is 4.79 Å². The van der Waals surface area contributed by atoms with E-state index in [1.54, 1.807) is 13.1 Å². The molecule has 1 unspecified atom stereocenters. The third kappa shape index (κ3) is 2.04. The molecule has 0 spiro atoms. The monoisotopic (exact) mass is 259 g/mol. The van der Waals surface area contributed by atoms with Crippen LogP contribution < -0.4 is 4.74 Å². The van der Waals surface area contributed by atoms with Crippen LogP contribution in [0.2, 0.25) is 0 Å². The van der Waals surface area contributed by atoms with Gasteiger partial charge in [-0.1, -0.05) is 0 Å². The summed E-state index contributed by atoms with van der Waals surface area (Å²) in [5.41, 5.74) is 0.606. The summed E-state index contributed by atoms with van der Waals surface area (Å²) in [7, 11) is 1.49. The molecule has 0 saturated carbocycles. The molecule has 14 heavy (non-hydrogen) atoms. The summed E-state index contributed by atoms with van der Waals surface area (Å²) in [5, 5.41) is 8.88. The summed E-state index contributed by atoms with van der Waals surface area (Å²) in [5.74, 6) is -1.04. The number of ether oxygens (including phenoxy) is 1. The Morgan fingerprint density at radius 3 is 2.79 bits per heavy atom. The van der Waals surface area contributed by atoms with E-state index in [0.717, 1.165) is 0 Å². The minimum Gasteiger partial charge on any atom is -0.495 e. The Bertz CT molecular complexity index is 354. The first-order valence-corrected chi connectivity index (χ1v) is 4.77. The Morgan fingerprint density at radius 2 is 2.29 bits per heavy atom. The summed E-state index contributed by atoms with van der Waals surface area (Å²) in [4.78, 5) is 14.7. The molecule has 0 amide bonds. The van der Waals surface area contributed by atoms with E-state index in [2.05, 4.69) is 20.9 Å². The highest BCUT2D eigenvalue weighted by atomic mass is 79.9. The third-order valence-electron chi connectivity index (χ3n) is 1.93. The fourth-order valence-corrected chi connectivity index (χ4v) is 1.79. The molecule has 5 heteroatoms. The molecule has 0 radical (unpaired) electrons. The molecule has 1 heterocycles. The molecular weight excluding hydrogens is 250 g/mol. The molecule has 76 valence electrons. The van der Waals surface area contributed by atoms with Crippen LogP contribution in [0.5, 0.6) is 5.75 Å². The number of methoxy groups -OCH3 is 1. The average Bonchev–Trinajstić information content (AvgIpc) is 2.16. The second kappa shape index (κ2) is 4.41. The van der Waals surface area contributed by atoms with Gasteiger partial charge in [0.15, 0.2) is 0 Å². The molecule has 1 N–H and O–H groups in total. The van der Waals surface area contributed by atoms with Crippen molar-refractivity contribution in [1.82, 2.24) is 4.98 Å². The maximum Gasteiger partial charge on any atom is 0.310 e. The van der Waals surface area contributed by atoms with Crippen molar-refractivity contribution in [3.8, 4) is 5.75 Å². The lowest BCUT2D eigenvalue weighted by Gasteiger charge is -2.12. The van der Waals surface area contributed by atoms with Gasteiger partial charge in [0.1, 0.15) is 5.75 Å². The Morgan fingerprint density at radius 1 is 1.64 bits per heavy atom. The zero-order valence-electron chi connectivity index (χ0n) is 7.82. The van der Waals surface area contributed by atoms with Crippen LogP contribution in [0.3, 0.4) is 0 Å². The Labute approximate surface area is 90.0 Å². The van der Waals surface area contributed by atoms with Crippen molar-refractivity contribution in [2.45, 2.75) is 12.8 Å². The molecule has 0 aliphatic carbocycles. The van der Waals surface area contributed by atoms with Crippen LogP contribution in [0, 0.1) is 0 Å². The average molecular weight is 260 g/mol. The summed E-state index contributed by atoms with van der Waals surface area (Å²) < 4.78 is 5.69. The normalized spacial score (nSPS) is 12.2. The summed E-state index contributed by atoms with van der Waals surface area (Å²) >= 11 is 3.25. The van der Waals surface area contributed by atoms with E-state index in [-0.39, 0.29) is 0 Å². The molecule has 0 saturated heterocycles. The highest BCUT2D eigenvalue weighted by Crippen LogP contribution is 2.32. The molecule has 1 atom stereocenters. The van der Waals surface area contributed by atoms with Gasteiger partial charge in [0.25, 0.3) is 0 Å². The number of carboxylic acid groups (broad SMARTS) is 1. The van der Waals surface area contributed by atoms with Crippen molar-refractivity contribution >= 4 is 21.9 Å². The third-order valence-corrected chi connectivity index (χ3v) is 2.56. The number of nitrogens with zero attached hydrogens (tertiary/aromatic N) is 1. The molecule has 1 aromatic rings. The van der Waals surface area contributed by atoms with Crippen LogP contribution in [0.1, 0.15) is 18.4 Å². The van der Waals surface area contributed by atoms with Gasteiger partial charge in [0.2, 0.25) is 0 Å². The lowest BCUT2D eigenvalue weighted by atomic mass is 10.0. The lowest BCUT2D eigenvalue weighted by molar-refractivity contribution is -0.138. The summed E-state index contributed by atoms with van der Waals surface area (Å²) in [6.45, 7) is 1.60. The van der Waals surface area contributed by atoms with E-state index in [1.807, 2.05) is 0 Å². The minimum atomic E-state index is -0.893. The predicted molar refractivity (Wildman–Crippen MR) is 54.5 cm³/mol. The smallest absolute Gasteiger partial charge is 0.310 e. The number of pyridine rings is 1. The van der Waals surface area contributed by atoms with Gasteiger partial charge in [-0.25, -0.2) is 0 Å². The number of aliphatic carboxylic acids is 1. The number of hydrogen-bond donors (Lipinski definition) is 1. The standard InChI is InChI=1S/C9H10BrNO3/c1-5(9(12)13)8-6(10)3-11-4-7(8)14-2/h3-5H,1-2H3,(H,12,13). The number of aromatic nitrogens is 1. The van der Waals surface area contributed by atoms with E-state index < -0.39 is 11.9 Å². The maximum atomic E-state index is 10.8. The van der Waals surface area contributed by atoms with E-state index in [0.29, 0.717) is 15.8 Å². The minimum absolute atomic E-state index is 0.481. The van der Waals surface area contributed by atoms with Crippen LogP contribution in [0.25, 0.3) is 0 Å². The van der Waals surface area contributed by atoms with Crippen molar-refractivity contribution in [2.75, 3.05) is 7.11 Å². The van der Waals surface area contributed by atoms with Gasteiger partial charge in [-0.2, -0.15) is 0 Å². The number of halogens is 1. The Balaban J connectivity index is 3.23. The van der Waals surface area contributed by atoms with Gasteiger partial charge in [-0.3, -0.25) is 9.78 Å². The van der Waals surface area contributed by atoms with Gasteiger partial charge in [-0.15, -0.1) is 0 Å². The highest BCUT2D eigenvalue weighted by molar-refractivity contribution is 9.10. The quantitative estimate of drug-likeness (QED) is 0.903. The highest BCUT2D eigenvalue weighted by Gasteiger charge is 2.21.